The second-order valence-electron chi connectivity index (χ2n) is 27.0. The fraction of sp³-hybridized carbons (Fsp3) is 0.924. The van der Waals surface area contributed by atoms with Crippen molar-refractivity contribution in [2.24, 2.45) is 0 Å². The van der Waals surface area contributed by atoms with Crippen LogP contribution in [0.15, 0.2) is 24.3 Å². The second kappa shape index (κ2) is 74.8. The number of carbonyl (C=O) groups is 2. The quantitative estimate of drug-likeness (QED) is 0.0320. The maximum Gasteiger partial charge on any atom is 0.305 e. The molecule has 6 nitrogen and oxygen atoms in total. The Balaban J connectivity index is 3.39. The van der Waals surface area contributed by atoms with E-state index in [0.29, 0.717) is 19.4 Å². The molecule has 2 atom stereocenters. The summed E-state index contributed by atoms with van der Waals surface area (Å²) >= 11 is 0. The fourth-order valence-electron chi connectivity index (χ4n) is 12.5. The van der Waals surface area contributed by atoms with Crippen molar-refractivity contribution >= 4 is 11.9 Å². The van der Waals surface area contributed by atoms with Gasteiger partial charge in [-0.05, 0) is 57.8 Å². The molecule has 0 aliphatic carbocycles. The molecule has 504 valence electrons. The first kappa shape index (κ1) is 83.3. The minimum Gasteiger partial charge on any atom is -0.466 e. The van der Waals surface area contributed by atoms with Gasteiger partial charge in [0.2, 0.25) is 5.91 Å². The smallest absolute Gasteiger partial charge is 0.305 e. The lowest BCUT2D eigenvalue weighted by molar-refractivity contribution is -0.143. The molecule has 0 aliphatic heterocycles. The molecule has 0 radical (unpaired) electrons. The summed E-state index contributed by atoms with van der Waals surface area (Å²) < 4.78 is 5.51. The molecule has 0 saturated heterocycles. The van der Waals surface area contributed by atoms with Crippen molar-refractivity contribution in [1.29, 1.82) is 0 Å². The molecule has 0 spiro atoms. The highest BCUT2D eigenvalue weighted by atomic mass is 16.5. The van der Waals surface area contributed by atoms with E-state index in [9.17, 15) is 19.8 Å². The van der Waals surface area contributed by atoms with Gasteiger partial charge < -0.3 is 20.3 Å². The number of carbonyl (C=O) groups excluding carboxylic acids is 2. The van der Waals surface area contributed by atoms with Crippen LogP contribution in [-0.4, -0.2) is 47.4 Å². The average Bonchev–Trinajstić information content (AvgIpc) is 3.51. The maximum absolute atomic E-state index is 12.5. The lowest BCUT2D eigenvalue weighted by Crippen LogP contribution is -2.45. The van der Waals surface area contributed by atoms with Crippen LogP contribution in [0.3, 0.4) is 0 Å². The SMILES string of the molecule is CCCCCCCCCCCCCCCCCCCCCCC/C=C/C(O)C(CO)NC(=O)CCCCCCCCCCCCC/C=C\CCCCCCCCCCCCCCOC(=O)CCCCCCCCCCCCCCCCCCCC. The van der Waals surface area contributed by atoms with Gasteiger partial charge >= 0.3 is 5.97 Å². The van der Waals surface area contributed by atoms with Crippen LogP contribution in [0, 0.1) is 0 Å². The summed E-state index contributed by atoms with van der Waals surface area (Å²) in [5, 5.41) is 23.3. The summed E-state index contributed by atoms with van der Waals surface area (Å²) in [6, 6.07) is -0.630. The van der Waals surface area contributed by atoms with Gasteiger partial charge in [-0.25, -0.2) is 0 Å². The first-order chi connectivity index (χ1) is 42.0. The molecule has 0 rings (SSSR count). The zero-order valence-electron chi connectivity index (χ0n) is 57.9. The number of unbranched alkanes of at least 4 members (excludes halogenated alkanes) is 61. The molecule has 1 amide bonds. The Kier molecular flexibility index (Phi) is 73.3. The van der Waals surface area contributed by atoms with Gasteiger partial charge in [0.25, 0.3) is 0 Å². The average molecular weight is 1200 g/mol. The number of allylic oxidation sites excluding steroid dienone is 3. The third kappa shape index (κ3) is 71.3. The number of rotatable bonds is 74. The van der Waals surface area contributed by atoms with Gasteiger partial charge in [0.1, 0.15) is 0 Å². The number of aliphatic hydroxyl groups excluding tert-OH is 2. The van der Waals surface area contributed by atoms with E-state index in [0.717, 1.165) is 38.5 Å². The van der Waals surface area contributed by atoms with E-state index in [1.807, 2.05) is 6.08 Å². The topological polar surface area (TPSA) is 95.9 Å². The van der Waals surface area contributed by atoms with E-state index >= 15 is 0 Å². The summed E-state index contributed by atoms with van der Waals surface area (Å²) in [4.78, 5) is 24.7. The lowest BCUT2D eigenvalue weighted by atomic mass is 10.0. The van der Waals surface area contributed by atoms with Gasteiger partial charge in [-0.15, -0.1) is 0 Å². The first-order valence-corrected chi connectivity index (χ1v) is 39.1. The molecule has 0 aromatic heterocycles. The number of hydrogen-bond donors (Lipinski definition) is 3. The van der Waals surface area contributed by atoms with Gasteiger partial charge in [-0.1, -0.05) is 398 Å². The highest BCUT2D eigenvalue weighted by molar-refractivity contribution is 5.76. The Morgan fingerprint density at radius 3 is 0.835 bits per heavy atom. The van der Waals surface area contributed by atoms with Gasteiger partial charge in [0.15, 0.2) is 0 Å². The van der Waals surface area contributed by atoms with Crippen molar-refractivity contribution < 1.29 is 24.5 Å². The number of nitrogens with one attached hydrogen (secondary N) is 1. The molecule has 0 bridgehead atoms. The number of aliphatic hydroxyl groups is 2. The van der Waals surface area contributed by atoms with E-state index in [2.05, 4.69) is 31.3 Å². The standard InChI is InChI=1S/C79H153NO5/c1-3-5-7-9-11-13-15-17-19-21-23-24-30-33-36-39-43-47-51-55-59-63-67-71-77(82)76(75-81)80-78(83)72-68-64-60-56-52-48-44-40-37-34-31-28-26-25-27-29-32-35-38-42-46-50-54-58-62-66-70-74-85-79(84)73-69-65-61-57-53-49-45-41-22-20-18-16-14-12-10-8-6-4-2/h25-26,67,71,76-77,81-82H,3-24,27-66,68-70,72-75H2,1-2H3,(H,80,83)/b26-25-,71-67+. The molecule has 3 N–H and O–H groups in total. The fourth-order valence-corrected chi connectivity index (χ4v) is 12.5. The summed E-state index contributed by atoms with van der Waals surface area (Å²) in [5.41, 5.74) is 0. The van der Waals surface area contributed by atoms with Gasteiger partial charge in [0.05, 0.1) is 25.4 Å². The molecule has 0 aromatic rings. The van der Waals surface area contributed by atoms with Gasteiger partial charge in [-0.3, -0.25) is 9.59 Å². The number of ether oxygens (including phenoxy) is 1. The predicted octanol–water partition coefficient (Wildman–Crippen LogP) is 25.7. The van der Waals surface area contributed by atoms with E-state index in [4.69, 9.17) is 4.74 Å². The van der Waals surface area contributed by atoms with Crippen LogP contribution in [0.25, 0.3) is 0 Å². The second-order valence-corrected chi connectivity index (χ2v) is 27.0. The Morgan fingerprint density at radius 2 is 0.553 bits per heavy atom. The van der Waals surface area contributed by atoms with Crippen LogP contribution in [0.1, 0.15) is 444 Å². The zero-order chi connectivity index (χ0) is 61.3. The maximum atomic E-state index is 12.5. The van der Waals surface area contributed by atoms with Crippen molar-refractivity contribution in [1.82, 2.24) is 5.32 Å². The Labute approximate surface area is 532 Å². The molecule has 2 unspecified atom stereocenters. The van der Waals surface area contributed by atoms with E-state index in [1.54, 1.807) is 6.08 Å². The van der Waals surface area contributed by atoms with E-state index < -0.39 is 12.1 Å². The molecular formula is C79H153NO5. The minimum absolute atomic E-state index is 0.0203. The van der Waals surface area contributed by atoms with Crippen molar-refractivity contribution in [3.63, 3.8) is 0 Å². The van der Waals surface area contributed by atoms with Crippen molar-refractivity contribution in [3.8, 4) is 0 Å². The van der Waals surface area contributed by atoms with Crippen LogP contribution in [0.5, 0.6) is 0 Å². The molecule has 0 heterocycles. The van der Waals surface area contributed by atoms with E-state index in [1.165, 1.54) is 379 Å². The van der Waals surface area contributed by atoms with Crippen LogP contribution in [0.4, 0.5) is 0 Å². The normalized spacial score (nSPS) is 12.6. The predicted molar refractivity (Wildman–Crippen MR) is 375 cm³/mol. The molecule has 0 aromatic carbocycles. The highest BCUT2D eigenvalue weighted by Crippen LogP contribution is 2.20. The van der Waals surface area contributed by atoms with E-state index in [-0.39, 0.29) is 18.5 Å². The third-order valence-corrected chi connectivity index (χ3v) is 18.5. The largest absolute Gasteiger partial charge is 0.466 e. The van der Waals surface area contributed by atoms with Crippen molar-refractivity contribution in [2.75, 3.05) is 13.2 Å². The highest BCUT2D eigenvalue weighted by Gasteiger charge is 2.18. The molecular weight excluding hydrogens is 1040 g/mol. The molecule has 0 saturated carbocycles. The first-order valence-electron chi connectivity index (χ1n) is 39.1. The van der Waals surface area contributed by atoms with Crippen LogP contribution in [-0.2, 0) is 14.3 Å². The summed E-state index contributed by atoms with van der Waals surface area (Å²) in [7, 11) is 0. The molecule has 0 aliphatic rings. The van der Waals surface area contributed by atoms with Crippen LogP contribution < -0.4 is 5.32 Å². The third-order valence-electron chi connectivity index (χ3n) is 18.5. The summed E-state index contributed by atoms with van der Waals surface area (Å²) in [5.74, 6) is -0.0436. The number of hydrogen-bond acceptors (Lipinski definition) is 5. The molecule has 6 heteroatoms. The zero-order valence-corrected chi connectivity index (χ0v) is 57.9. The van der Waals surface area contributed by atoms with Crippen molar-refractivity contribution in [3.05, 3.63) is 24.3 Å². The lowest BCUT2D eigenvalue weighted by Gasteiger charge is -2.20. The van der Waals surface area contributed by atoms with Crippen LogP contribution in [0.2, 0.25) is 0 Å². The number of esters is 1. The summed E-state index contributed by atoms with van der Waals surface area (Å²) in [6.45, 7) is 4.96. The van der Waals surface area contributed by atoms with Gasteiger partial charge in [-0.2, -0.15) is 0 Å². The summed E-state index contributed by atoms with van der Waals surface area (Å²) in [6.07, 6.45) is 95.7. The minimum atomic E-state index is -0.846. The Morgan fingerprint density at radius 1 is 0.318 bits per heavy atom. The monoisotopic (exact) mass is 1200 g/mol. The Hall–Kier alpha value is -1.66. The van der Waals surface area contributed by atoms with Crippen LogP contribution >= 0.6 is 0 Å². The van der Waals surface area contributed by atoms with Gasteiger partial charge in [0, 0.05) is 12.8 Å². The molecule has 85 heavy (non-hydrogen) atoms. The number of amides is 1. The Bertz CT molecular complexity index is 1330. The van der Waals surface area contributed by atoms with Crippen molar-refractivity contribution in [2.45, 2.75) is 456 Å². The molecule has 0 fully saturated rings.